The zero-order valence-electron chi connectivity index (χ0n) is 11.9. The highest BCUT2D eigenvalue weighted by molar-refractivity contribution is 7.16. The number of carbonyl (C=O) groups is 1. The molecule has 0 bridgehead atoms. The Morgan fingerprint density at radius 1 is 1.40 bits per heavy atom. The summed E-state index contributed by atoms with van der Waals surface area (Å²) < 4.78 is 5.82. The van der Waals surface area contributed by atoms with Crippen molar-refractivity contribution in [2.75, 3.05) is 0 Å². The van der Waals surface area contributed by atoms with Crippen molar-refractivity contribution in [3.05, 3.63) is 21.1 Å². The van der Waals surface area contributed by atoms with E-state index < -0.39 is 4.92 Å². The Kier molecular flexibility index (Phi) is 4.42. The molecule has 1 aromatic heterocycles. The molecule has 0 N–H and O–H groups in total. The van der Waals surface area contributed by atoms with Crippen LogP contribution in [0.2, 0.25) is 0 Å². The number of ketones is 1. The van der Waals surface area contributed by atoms with Crippen molar-refractivity contribution in [3.8, 4) is 5.06 Å². The van der Waals surface area contributed by atoms with Gasteiger partial charge in [0.1, 0.15) is 6.10 Å². The lowest BCUT2D eigenvalue weighted by atomic mass is 9.80. The Hall–Kier alpha value is -1.43. The zero-order valence-corrected chi connectivity index (χ0v) is 12.7. The predicted molar refractivity (Wildman–Crippen MR) is 77.6 cm³/mol. The normalized spacial score (nSPS) is 26.2. The molecule has 20 heavy (non-hydrogen) atoms. The summed E-state index contributed by atoms with van der Waals surface area (Å²) >= 11 is 1.08. The molecule has 0 radical (unpaired) electrons. The van der Waals surface area contributed by atoms with E-state index in [1.807, 2.05) is 0 Å². The first-order valence-corrected chi connectivity index (χ1v) is 7.66. The van der Waals surface area contributed by atoms with E-state index in [4.69, 9.17) is 4.74 Å². The largest absolute Gasteiger partial charge is 0.476 e. The zero-order chi connectivity index (χ0) is 14.9. The smallest absolute Gasteiger partial charge is 0.323 e. The monoisotopic (exact) mass is 297 g/mol. The van der Waals surface area contributed by atoms with Crippen LogP contribution in [0.1, 0.15) is 49.7 Å². The third kappa shape index (κ3) is 3.17. The maximum atomic E-state index is 11.4. The Morgan fingerprint density at radius 3 is 2.65 bits per heavy atom. The number of hydrogen-bond donors (Lipinski definition) is 0. The maximum Gasteiger partial charge on any atom is 0.323 e. The molecule has 0 spiro atoms. The molecule has 3 atom stereocenters. The van der Waals surface area contributed by atoms with Crippen LogP contribution in [0.4, 0.5) is 5.69 Å². The Labute approximate surface area is 122 Å². The molecule has 0 amide bonds. The van der Waals surface area contributed by atoms with Crippen molar-refractivity contribution in [2.45, 2.75) is 46.1 Å². The minimum absolute atomic E-state index is 0.0124. The van der Waals surface area contributed by atoms with Crippen molar-refractivity contribution in [1.82, 2.24) is 0 Å². The first-order valence-electron chi connectivity index (χ1n) is 6.84. The molecule has 1 heterocycles. The second kappa shape index (κ2) is 5.91. The van der Waals surface area contributed by atoms with E-state index in [2.05, 4.69) is 13.8 Å². The number of carbonyl (C=O) groups excluding carboxylic acids is 1. The third-order valence-corrected chi connectivity index (χ3v) is 5.16. The Balaban J connectivity index is 2.16. The van der Waals surface area contributed by atoms with E-state index in [-0.39, 0.29) is 22.6 Å². The fourth-order valence-corrected chi connectivity index (χ4v) is 3.44. The van der Waals surface area contributed by atoms with Crippen molar-refractivity contribution in [2.24, 2.45) is 11.8 Å². The quantitative estimate of drug-likeness (QED) is 0.477. The van der Waals surface area contributed by atoms with Crippen molar-refractivity contribution in [3.63, 3.8) is 0 Å². The van der Waals surface area contributed by atoms with E-state index in [1.54, 1.807) is 0 Å². The number of Topliss-reactive ketones (excluding diaryl/α,β-unsaturated/α-hetero) is 1. The van der Waals surface area contributed by atoms with Crippen LogP contribution in [0.15, 0.2) is 6.07 Å². The molecule has 0 aromatic carbocycles. The van der Waals surface area contributed by atoms with Crippen LogP contribution in [0.25, 0.3) is 0 Å². The average Bonchev–Trinajstić information content (AvgIpc) is 2.78. The van der Waals surface area contributed by atoms with Gasteiger partial charge in [-0.25, -0.2) is 0 Å². The first kappa shape index (κ1) is 15.0. The first-order chi connectivity index (χ1) is 9.38. The van der Waals surface area contributed by atoms with Gasteiger partial charge in [-0.15, -0.1) is 0 Å². The van der Waals surface area contributed by atoms with Crippen LogP contribution in [0.3, 0.4) is 0 Å². The van der Waals surface area contributed by atoms with E-state index in [1.165, 1.54) is 13.0 Å². The van der Waals surface area contributed by atoms with E-state index in [0.29, 0.717) is 16.7 Å². The molecule has 110 valence electrons. The third-order valence-electron chi connectivity index (χ3n) is 4.05. The fraction of sp³-hybridized carbons (Fsp3) is 0.643. The fourth-order valence-electron chi connectivity index (χ4n) is 2.51. The summed E-state index contributed by atoms with van der Waals surface area (Å²) in [6.07, 6.45) is 2.91. The minimum atomic E-state index is -0.479. The molecule has 1 fully saturated rings. The molecule has 0 saturated heterocycles. The highest BCUT2D eigenvalue weighted by Crippen LogP contribution is 2.40. The van der Waals surface area contributed by atoms with Crippen LogP contribution in [-0.2, 0) is 0 Å². The number of nitrogens with zero attached hydrogens (tertiary/aromatic N) is 1. The molecule has 0 aliphatic heterocycles. The summed E-state index contributed by atoms with van der Waals surface area (Å²) in [4.78, 5) is 22.3. The molecule has 1 aromatic rings. The van der Waals surface area contributed by atoms with Crippen molar-refractivity contribution < 1.29 is 14.5 Å². The SMILES string of the molecule is CC(=O)c1cc([N+](=O)[O-])c(OC2CCC(C)C(C)C2)s1. The van der Waals surface area contributed by atoms with Crippen LogP contribution in [0.5, 0.6) is 5.06 Å². The Morgan fingerprint density at radius 2 is 2.10 bits per heavy atom. The molecule has 6 heteroatoms. The van der Waals surface area contributed by atoms with Gasteiger partial charge in [0.15, 0.2) is 5.78 Å². The van der Waals surface area contributed by atoms with Gasteiger partial charge >= 0.3 is 5.69 Å². The van der Waals surface area contributed by atoms with E-state index in [0.717, 1.165) is 30.6 Å². The summed E-state index contributed by atoms with van der Waals surface area (Å²) in [5.74, 6) is 1.06. The lowest BCUT2D eigenvalue weighted by Gasteiger charge is -2.31. The van der Waals surface area contributed by atoms with Gasteiger partial charge in [-0.2, -0.15) is 0 Å². The van der Waals surface area contributed by atoms with E-state index in [9.17, 15) is 14.9 Å². The van der Waals surface area contributed by atoms with Gasteiger partial charge in [0.05, 0.1) is 9.80 Å². The second-order valence-electron chi connectivity index (χ2n) is 5.60. The summed E-state index contributed by atoms with van der Waals surface area (Å²) in [7, 11) is 0. The summed E-state index contributed by atoms with van der Waals surface area (Å²) in [5, 5.41) is 11.3. The van der Waals surface area contributed by atoms with Gasteiger partial charge in [-0.1, -0.05) is 25.2 Å². The number of thiophene rings is 1. The molecule has 5 nitrogen and oxygen atoms in total. The standard InChI is InChI=1S/C14H19NO4S/c1-8-4-5-11(6-9(8)2)19-14-12(15(17)18)7-13(20-14)10(3)16/h7-9,11H,4-6H2,1-3H3. The molecule has 3 unspecified atom stereocenters. The van der Waals surface area contributed by atoms with Gasteiger partial charge in [0.25, 0.3) is 5.06 Å². The topological polar surface area (TPSA) is 69.4 Å². The average molecular weight is 297 g/mol. The van der Waals surface area contributed by atoms with Gasteiger partial charge < -0.3 is 4.74 Å². The van der Waals surface area contributed by atoms with Gasteiger partial charge in [0.2, 0.25) is 0 Å². The van der Waals surface area contributed by atoms with Crippen LogP contribution in [0, 0.1) is 22.0 Å². The van der Waals surface area contributed by atoms with Crippen LogP contribution in [-0.4, -0.2) is 16.8 Å². The summed E-state index contributed by atoms with van der Waals surface area (Å²) in [6, 6.07) is 1.32. The molecular weight excluding hydrogens is 278 g/mol. The number of rotatable bonds is 4. The van der Waals surface area contributed by atoms with Crippen molar-refractivity contribution >= 4 is 22.8 Å². The summed E-state index contributed by atoms with van der Waals surface area (Å²) in [5.41, 5.74) is -0.0912. The number of hydrogen-bond acceptors (Lipinski definition) is 5. The predicted octanol–water partition coefficient (Wildman–Crippen LogP) is 4.06. The lowest BCUT2D eigenvalue weighted by Crippen LogP contribution is -2.28. The van der Waals surface area contributed by atoms with Gasteiger partial charge in [-0.3, -0.25) is 14.9 Å². The molecule has 1 saturated carbocycles. The number of nitro groups is 1. The summed E-state index contributed by atoms with van der Waals surface area (Å²) in [6.45, 7) is 5.82. The van der Waals surface area contributed by atoms with E-state index >= 15 is 0 Å². The van der Waals surface area contributed by atoms with Gasteiger partial charge in [-0.05, 0) is 38.0 Å². The second-order valence-corrected chi connectivity index (χ2v) is 6.62. The van der Waals surface area contributed by atoms with Crippen LogP contribution >= 0.6 is 11.3 Å². The molecule has 2 rings (SSSR count). The van der Waals surface area contributed by atoms with Gasteiger partial charge in [0, 0.05) is 6.07 Å². The number of ether oxygens (including phenoxy) is 1. The Bertz CT molecular complexity index is 525. The highest BCUT2D eigenvalue weighted by atomic mass is 32.1. The van der Waals surface area contributed by atoms with Crippen molar-refractivity contribution in [1.29, 1.82) is 0 Å². The minimum Gasteiger partial charge on any atom is -0.476 e. The maximum absolute atomic E-state index is 11.4. The highest BCUT2D eigenvalue weighted by Gasteiger charge is 2.29. The van der Waals surface area contributed by atoms with Crippen LogP contribution < -0.4 is 4.74 Å². The molecule has 1 aliphatic carbocycles. The molecule has 1 aliphatic rings. The molecular formula is C14H19NO4S. The lowest BCUT2D eigenvalue weighted by molar-refractivity contribution is -0.385.